The van der Waals surface area contributed by atoms with Crippen molar-refractivity contribution < 1.29 is 9.47 Å². The minimum absolute atomic E-state index is 0.512. The summed E-state index contributed by atoms with van der Waals surface area (Å²) in [5.74, 6) is 1.58. The van der Waals surface area contributed by atoms with Crippen LogP contribution in [0.25, 0.3) is 0 Å². The average molecular weight is 237 g/mol. The molecule has 0 aliphatic rings. The molecule has 1 rings (SSSR count). The van der Waals surface area contributed by atoms with Crippen LogP contribution in [0.3, 0.4) is 0 Å². The molecule has 0 aliphatic carbocycles. The first-order valence-corrected chi connectivity index (χ1v) is 6.32. The van der Waals surface area contributed by atoms with Gasteiger partial charge in [0.05, 0.1) is 13.7 Å². The maximum absolute atomic E-state index is 5.49. The molecule has 0 unspecified atom stereocenters. The lowest BCUT2D eigenvalue weighted by atomic mass is 10.1. The molecule has 0 aromatic heterocycles. The highest BCUT2D eigenvalue weighted by molar-refractivity contribution is 5.55. The molecular formula is C14H23NO2. The SMILES string of the molecule is CCOc1ccc(NC(CC)CC)cc1OC. The van der Waals surface area contributed by atoms with Gasteiger partial charge in [-0.3, -0.25) is 0 Å². The minimum atomic E-state index is 0.512. The summed E-state index contributed by atoms with van der Waals surface area (Å²) in [5, 5.41) is 3.49. The molecule has 0 heterocycles. The van der Waals surface area contributed by atoms with Crippen LogP contribution in [0.4, 0.5) is 5.69 Å². The number of hydrogen-bond donors (Lipinski definition) is 1. The van der Waals surface area contributed by atoms with Gasteiger partial charge in [-0.1, -0.05) is 13.8 Å². The molecule has 1 N–H and O–H groups in total. The van der Waals surface area contributed by atoms with Gasteiger partial charge in [0.2, 0.25) is 0 Å². The lowest BCUT2D eigenvalue weighted by Crippen LogP contribution is -2.16. The van der Waals surface area contributed by atoms with E-state index < -0.39 is 0 Å². The number of methoxy groups -OCH3 is 1. The van der Waals surface area contributed by atoms with E-state index in [9.17, 15) is 0 Å². The zero-order chi connectivity index (χ0) is 12.7. The number of ether oxygens (including phenoxy) is 2. The molecule has 3 heteroatoms. The highest BCUT2D eigenvalue weighted by atomic mass is 16.5. The molecule has 1 aromatic carbocycles. The topological polar surface area (TPSA) is 30.5 Å². The number of rotatable bonds is 7. The third-order valence-corrected chi connectivity index (χ3v) is 2.82. The molecule has 0 atom stereocenters. The van der Waals surface area contributed by atoms with E-state index in [1.165, 1.54) is 0 Å². The van der Waals surface area contributed by atoms with E-state index in [-0.39, 0.29) is 0 Å². The van der Waals surface area contributed by atoms with Gasteiger partial charge in [0.1, 0.15) is 0 Å². The van der Waals surface area contributed by atoms with Crippen molar-refractivity contribution in [3.8, 4) is 11.5 Å². The Morgan fingerprint density at radius 1 is 1.12 bits per heavy atom. The normalized spacial score (nSPS) is 10.4. The zero-order valence-electron chi connectivity index (χ0n) is 11.2. The Morgan fingerprint density at radius 2 is 1.82 bits per heavy atom. The molecule has 3 nitrogen and oxygen atoms in total. The average Bonchev–Trinajstić information content (AvgIpc) is 2.37. The van der Waals surface area contributed by atoms with Gasteiger partial charge in [-0.2, -0.15) is 0 Å². The summed E-state index contributed by atoms with van der Waals surface area (Å²) in [6.07, 6.45) is 2.23. The molecule has 0 amide bonds. The van der Waals surface area contributed by atoms with Crippen LogP contribution in [-0.4, -0.2) is 19.8 Å². The number of benzene rings is 1. The summed E-state index contributed by atoms with van der Waals surface area (Å²) in [4.78, 5) is 0. The number of anilines is 1. The van der Waals surface area contributed by atoms with Crippen LogP contribution >= 0.6 is 0 Å². The molecule has 0 saturated heterocycles. The number of hydrogen-bond acceptors (Lipinski definition) is 3. The highest BCUT2D eigenvalue weighted by Crippen LogP contribution is 2.30. The maximum Gasteiger partial charge on any atom is 0.162 e. The standard InChI is InChI=1S/C14H23NO2/c1-5-11(6-2)15-12-8-9-13(17-7-3)14(10-12)16-4/h8-11,15H,5-7H2,1-4H3. The largest absolute Gasteiger partial charge is 0.493 e. The Hall–Kier alpha value is -1.38. The van der Waals surface area contributed by atoms with Crippen molar-refractivity contribution in [3.63, 3.8) is 0 Å². The van der Waals surface area contributed by atoms with Crippen molar-refractivity contribution in [2.45, 2.75) is 39.7 Å². The first-order valence-electron chi connectivity index (χ1n) is 6.32. The monoisotopic (exact) mass is 237 g/mol. The molecule has 17 heavy (non-hydrogen) atoms. The van der Waals surface area contributed by atoms with Gasteiger partial charge in [0.15, 0.2) is 11.5 Å². The Kier molecular flexibility index (Phi) is 5.67. The Balaban J connectivity index is 2.81. The second-order valence-corrected chi connectivity index (χ2v) is 3.96. The highest BCUT2D eigenvalue weighted by Gasteiger charge is 2.07. The third-order valence-electron chi connectivity index (χ3n) is 2.82. The molecule has 0 radical (unpaired) electrons. The predicted molar refractivity (Wildman–Crippen MR) is 72.2 cm³/mol. The summed E-state index contributed by atoms with van der Waals surface area (Å²) in [6.45, 7) is 6.99. The van der Waals surface area contributed by atoms with Crippen LogP contribution in [0.5, 0.6) is 11.5 Å². The first-order chi connectivity index (χ1) is 8.24. The molecular weight excluding hydrogens is 214 g/mol. The zero-order valence-corrected chi connectivity index (χ0v) is 11.2. The smallest absolute Gasteiger partial charge is 0.162 e. The van der Waals surface area contributed by atoms with E-state index >= 15 is 0 Å². The number of nitrogens with one attached hydrogen (secondary N) is 1. The lowest BCUT2D eigenvalue weighted by Gasteiger charge is -2.17. The first kappa shape index (κ1) is 13.7. The van der Waals surface area contributed by atoms with Gasteiger partial charge in [-0.25, -0.2) is 0 Å². The molecule has 0 spiro atoms. The second kappa shape index (κ2) is 7.05. The predicted octanol–water partition coefficient (Wildman–Crippen LogP) is 3.69. The Labute approximate surface area is 104 Å². The molecule has 0 aliphatic heterocycles. The van der Waals surface area contributed by atoms with E-state index in [1.54, 1.807) is 7.11 Å². The van der Waals surface area contributed by atoms with E-state index in [1.807, 2.05) is 25.1 Å². The van der Waals surface area contributed by atoms with Crippen LogP contribution in [0.2, 0.25) is 0 Å². The summed E-state index contributed by atoms with van der Waals surface area (Å²) < 4.78 is 10.8. The van der Waals surface area contributed by atoms with Gasteiger partial charge < -0.3 is 14.8 Å². The molecule has 96 valence electrons. The summed E-state index contributed by atoms with van der Waals surface area (Å²) in [6, 6.07) is 6.49. The van der Waals surface area contributed by atoms with Gasteiger partial charge in [0, 0.05) is 17.8 Å². The Bertz CT molecular complexity index is 335. The van der Waals surface area contributed by atoms with E-state index in [4.69, 9.17) is 9.47 Å². The summed E-state index contributed by atoms with van der Waals surface area (Å²) >= 11 is 0. The fraction of sp³-hybridized carbons (Fsp3) is 0.571. The van der Waals surface area contributed by atoms with Crippen LogP contribution in [0.15, 0.2) is 18.2 Å². The maximum atomic E-state index is 5.49. The minimum Gasteiger partial charge on any atom is -0.493 e. The molecule has 1 aromatic rings. The van der Waals surface area contributed by atoms with Gasteiger partial charge in [0.25, 0.3) is 0 Å². The van der Waals surface area contributed by atoms with Crippen molar-refractivity contribution in [2.75, 3.05) is 19.0 Å². The van der Waals surface area contributed by atoms with Gasteiger partial charge >= 0.3 is 0 Å². The molecule has 0 saturated carbocycles. The Morgan fingerprint density at radius 3 is 2.35 bits per heavy atom. The quantitative estimate of drug-likeness (QED) is 0.784. The van der Waals surface area contributed by atoms with E-state index in [0.29, 0.717) is 12.6 Å². The van der Waals surface area contributed by atoms with Gasteiger partial charge in [-0.15, -0.1) is 0 Å². The third kappa shape index (κ3) is 3.84. The van der Waals surface area contributed by atoms with Crippen molar-refractivity contribution in [3.05, 3.63) is 18.2 Å². The van der Waals surface area contributed by atoms with Crippen LogP contribution < -0.4 is 14.8 Å². The molecule has 0 fully saturated rings. The van der Waals surface area contributed by atoms with Crippen molar-refractivity contribution in [2.24, 2.45) is 0 Å². The van der Waals surface area contributed by atoms with E-state index in [2.05, 4.69) is 19.2 Å². The second-order valence-electron chi connectivity index (χ2n) is 3.96. The van der Waals surface area contributed by atoms with Crippen LogP contribution in [0, 0.1) is 0 Å². The summed E-state index contributed by atoms with van der Waals surface area (Å²) in [5.41, 5.74) is 1.08. The van der Waals surface area contributed by atoms with Crippen LogP contribution in [0.1, 0.15) is 33.6 Å². The lowest BCUT2D eigenvalue weighted by molar-refractivity contribution is 0.311. The fourth-order valence-electron chi connectivity index (χ4n) is 1.76. The van der Waals surface area contributed by atoms with Crippen molar-refractivity contribution in [1.82, 2.24) is 0 Å². The van der Waals surface area contributed by atoms with Gasteiger partial charge in [-0.05, 0) is 31.9 Å². The summed E-state index contributed by atoms with van der Waals surface area (Å²) in [7, 11) is 1.67. The van der Waals surface area contributed by atoms with E-state index in [0.717, 1.165) is 30.0 Å². The molecule has 0 bridgehead atoms. The van der Waals surface area contributed by atoms with Crippen LogP contribution in [-0.2, 0) is 0 Å². The fourth-order valence-corrected chi connectivity index (χ4v) is 1.76. The van der Waals surface area contributed by atoms with Crippen molar-refractivity contribution in [1.29, 1.82) is 0 Å². The van der Waals surface area contributed by atoms with Crippen molar-refractivity contribution >= 4 is 5.69 Å².